The number of hydrogen-bond acceptors (Lipinski definition) is 4. The number of rotatable bonds is 7. The van der Waals surface area contributed by atoms with Gasteiger partial charge in [0.2, 0.25) is 0 Å². The van der Waals surface area contributed by atoms with Crippen molar-refractivity contribution in [2.75, 3.05) is 6.26 Å². The third kappa shape index (κ3) is 4.62. The largest absolute Gasteiger partial charge is 0.480 e. The minimum atomic E-state index is -3.32. The van der Waals surface area contributed by atoms with Gasteiger partial charge in [0.15, 0.2) is 9.84 Å². The van der Waals surface area contributed by atoms with Crippen LogP contribution in [0.5, 0.6) is 0 Å². The lowest BCUT2D eigenvalue weighted by atomic mass is 10.0. The second-order valence-electron chi connectivity index (χ2n) is 7.69. The SMILES string of the molecule is CCc1ccc(-c2ccc(-c3cc(C(C)C)nn3CC(=O)O)cc2)cc1S(C)(=O)=O. The summed E-state index contributed by atoms with van der Waals surface area (Å²) in [5.74, 6) is -0.764. The summed E-state index contributed by atoms with van der Waals surface area (Å²) < 4.78 is 25.8. The third-order valence-electron chi connectivity index (χ3n) is 5.04. The van der Waals surface area contributed by atoms with Crippen molar-refractivity contribution in [3.63, 3.8) is 0 Å². The van der Waals surface area contributed by atoms with E-state index < -0.39 is 15.8 Å². The van der Waals surface area contributed by atoms with Crippen LogP contribution in [0.1, 0.15) is 37.9 Å². The van der Waals surface area contributed by atoms with Gasteiger partial charge in [-0.15, -0.1) is 0 Å². The molecule has 1 heterocycles. The Kier molecular flexibility index (Phi) is 6.12. The highest BCUT2D eigenvalue weighted by molar-refractivity contribution is 7.90. The van der Waals surface area contributed by atoms with Gasteiger partial charge in [0.25, 0.3) is 0 Å². The highest BCUT2D eigenvalue weighted by Gasteiger charge is 2.16. The molecule has 1 aromatic heterocycles. The third-order valence-corrected chi connectivity index (χ3v) is 6.22. The number of sulfone groups is 1. The van der Waals surface area contributed by atoms with Crippen molar-refractivity contribution >= 4 is 15.8 Å². The van der Waals surface area contributed by atoms with E-state index in [1.165, 1.54) is 10.9 Å². The molecule has 0 aliphatic rings. The van der Waals surface area contributed by atoms with E-state index in [4.69, 9.17) is 0 Å². The lowest BCUT2D eigenvalue weighted by Crippen LogP contribution is -2.11. The Morgan fingerprint density at radius 2 is 1.63 bits per heavy atom. The molecule has 0 bridgehead atoms. The second-order valence-corrected chi connectivity index (χ2v) is 9.67. The number of carboxylic acids is 1. The first-order valence-electron chi connectivity index (χ1n) is 9.83. The molecule has 2 aromatic carbocycles. The number of aryl methyl sites for hydroxylation is 1. The van der Waals surface area contributed by atoms with Crippen LogP contribution in [-0.2, 0) is 27.6 Å². The fourth-order valence-electron chi connectivity index (χ4n) is 3.40. The van der Waals surface area contributed by atoms with Crippen LogP contribution in [0, 0.1) is 0 Å². The Balaban J connectivity index is 2.01. The lowest BCUT2D eigenvalue weighted by molar-refractivity contribution is -0.137. The molecule has 3 rings (SSSR count). The highest BCUT2D eigenvalue weighted by atomic mass is 32.2. The van der Waals surface area contributed by atoms with Crippen molar-refractivity contribution in [2.24, 2.45) is 0 Å². The topological polar surface area (TPSA) is 89.3 Å². The number of aromatic nitrogens is 2. The quantitative estimate of drug-likeness (QED) is 0.605. The molecule has 158 valence electrons. The maximum absolute atomic E-state index is 12.2. The van der Waals surface area contributed by atoms with Crippen molar-refractivity contribution in [3.8, 4) is 22.4 Å². The number of aliphatic carboxylic acids is 1. The minimum absolute atomic E-state index is 0.185. The summed E-state index contributed by atoms with van der Waals surface area (Å²) in [6.07, 6.45) is 1.87. The van der Waals surface area contributed by atoms with Crippen LogP contribution in [-0.4, -0.2) is 35.5 Å². The summed E-state index contributed by atoms with van der Waals surface area (Å²) in [5, 5.41) is 13.6. The molecule has 0 spiro atoms. The van der Waals surface area contributed by atoms with Gasteiger partial charge in [-0.1, -0.05) is 57.2 Å². The molecule has 3 aromatic rings. The van der Waals surface area contributed by atoms with Gasteiger partial charge in [0.05, 0.1) is 16.3 Å². The molecule has 0 saturated heterocycles. The molecule has 0 aliphatic carbocycles. The molecule has 6 nitrogen and oxygen atoms in total. The molecule has 0 saturated carbocycles. The molecule has 0 aliphatic heterocycles. The van der Waals surface area contributed by atoms with Crippen LogP contribution in [0.25, 0.3) is 22.4 Å². The smallest absolute Gasteiger partial charge is 0.325 e. The molecule has 0 atom stereocenters. The normalized spacial score (nSPS) is 11.8. The first-order valence-corrected chi connectivity index (χ1v) is 11.7. The monoisotopic (exact) mass is 426 g/mol. The minimum Gasteiger partial charge on any atom is -0.480 e. The van der Waals surface area contributed by atoms with Gasteiger partial charge in [0, 0.05) is 6.26 Å². The summed E-state index contributed by atoms with van der Waals surface area (Å²) in [6, 6.07) is 15.1. The molecule has 0 radical (unpaired) electrons. The zero-order valence-electron chi connectivity index (χ0n) is 17.6. The average Bonchev–Trinajstić information content (AvgIpc) is 3.10. The van der Waals surface area contributed by atoms with Crippen LogP contribution in [0.4, 0.5) is 0 Å². The van der Waals surface area contributed by atoms with E-state index >= 15 is 0 Å². The van der Waals surface area contributed by atoms with Gasteiger partial charge in [-0.3, -0.25) is 9.48 Å². The van der Waals surface area contributed by atoms with E-state index in [9.17, 15) is 18.3 Å². The number of carboxylic acid groups (broad SMARTS) is 1. The fraction of sp³-hybridized carbons (Fsp3) is 0.304. The van der Waals surface area contributed by atoms with E-state index in [0.717, 1.165) is 33.6 Å². The van der Waals surface area contributed by atoms with Gasteiger partial charge < -0.3 is 5.11 Å². The molecule has 0 amide bonds. The zero-order valence-corrected chi connectivity index (χ0v) is 18.4. The second kappa shape index (κ2) is 8.44. The Morgan fingerprint density at radius 1 is 1.03 bits per heavy atom. The molecule has 1 N–H and O–H groups in total. The first-order chi connectivity index (χ1) is 14.1. The predicted molar refractivity (Wildman–Crippen MR) is 117 cm³/mol. The fourth-order valence-corrected chi connectivity index (χ4v) is 4.43. The standard InChI is InChI=1S/C23H26N2O4S/c1-5-16-6-11-19(12-22(16)30(4,28)29)17-7-9-18(10-8-17)21-13-20(15(2)3)24-25(21)14-23(26)27/h6-13,15H,5,14H2,1-4H3,(H,26,27). The molecular weight excluding hydrogens is 400 g/mol. The Hall–Kier alpha value is -2.93. The van der Waals surface area contributed by atoms with Crippen LogP contribution < -0.4 is 0 Å². The Bertz CT molecular complexity index is 1180. The number of benzene rings is 2. The highest BCUT2D eigenvalue weighted by Crippen LogP contribution is 2.29. The van der Waals surface area contributed by atoms with Gasteiger partial charge in [0.1, 0.15) is 6.54 Å². The van der Waals surface area contributed by atoms with Crippen LogP contribution in [0.15, 0.2) is 53.4 Å². The van der Waals surface area contributed by atoms with Gasteiger partial charge in [-0.05, 0) is 46.7 Å². The first kappa shape index (κ1) is 21.8. The Labute approximate surface area is 177 Å². The molecule has 30 heavy (non-hydrogen) atoms. The summed E-state index contributed by atoms with van der Waals surface area (Å²) >= 11 is 0. The number of nitrogens with zero attached hydrogens (tertiary/aromatic N) is 2. The number of hydrogen-bond donors (Lipinski definition) is 1. The van der Waals surface area contributed by atoms with Gasteiger partial charge >= 0.3 is 5.97 Å². The van der Waals surface area contributed by atoms with Crippen molar-refractivity contribution in [1.29, 1.82) is 0 Å². The lowest BCUT2D eigenvalue weighted by Gasteiger charge is -2.10. The molecule has 0 fully saturated rings. The van der Waals surface area contributed by atoms with Crippen LogP contribution >= 0.6 is 0 Å². The van der Waals surface area contributed by atoms with E-state index in [1.54, 1.807) is 6.07 Å². The summed E-state index contributed by atoms with van der Waals surface area (Å²) in [7, 11) is -3.32. The average molecular weight is 427 g/mol. The maximum atomic E-state index is 12.2. The molecule has 0 unspecified atom stereocenters. The van der Waals surface area contributed by atoms with E-state index in [0.29, 0.717) is 11.3 Å². The van der Waals surface area contributed by atoms with Crippen molar-refractivity contribution in [2.45, 2.75) is 44.6 Å². The van der Waals surface area contributed by atoms with Gasteiger partial charge in [-0.2, -0.15) is 5.10 Å². The Morgan fingerprint density at radius 3 is 2.17 bits per heavy atom. The van der Waals surface area contributed by atoms with Crippen LogP contribution in [0.2, 0.25) is 0 Å². The zero-order chi connectivity index (χ0) is 22.1. The van der Waals surface area contributed by atoms with Gasteiger partial charge in [-0.25, -0.2) is 8.42 Å². The molecule has 7 heteroatoms. The molecular formula is C23H26N2O4S. The van der Waals surface area contributed by atoms with E-state index in [-0.39, 0.29) is 12.5 Å². The van der Waals surface area contributed by atoms with Crippen molar-refractivity contribution in [1.82, 2.24) is 9.78 Å². The summed E-state index contributed by atoms with van der Waals surface area (Å²) in [4.78, 5) is 11.6. The summed E-state index contributed by atoms with van der Waals surface area (Å²) in [6.45, 7) is 5.75. The van der Waals surface area contributed by atoms with Crippen molar-refractivity contribution in [3.05, 3.63) is 59.8 Å². The number of carbonyl (C=O) groups is 1. The predicted octanol–water partition coefficient (Wildman–Crippen LogP) is 4.39. The van der Waals surface area contributed by atoms with Crippen molar-refractivity contribution < 1.29 is 18.3 Å². The van der Waals surface area contributed by atoms with Crippen LogP contribution in [0.3, 0.4) is 0 Å². The van der Waals surface area contributed by atoms with E-state index in [2.05, 4.69) is 5.10 Å². The maximum Gasteiger partial charge on any atom is 0.325 e. The summed E-state index contributed by atoms with van der Waals surface area (Å²) in [5.41, 5.74) is 4.94. The van der Waals surface area contributed by atoms with E-state index in [1.807, 2.05) is 63.2 Å².